The van der Waals surface area contributed by atoms with Gasteiger partial charge in [-0.15, -0.1) is 0 Å². The molecule has 0 saturated carbocycles. The van der Waals surface area contributed by atoms with Crippen molar-refractivity contribution < 1.29 is 9.47 Å². The number of ether oxygens (including phenoxy) is 2. The Morgan fingerprint density at radius 3 is 1.15 bits per heavy atom. The third-order valence-electron chi connectivity index (χ3n) is 10.7. The Morgan fingerprint density at radius 1 is 0.481 bits per heavy atom. The molecule has 52 heavy (non-hydrogen) atoms. The molecule has 4 aliphatic heterocycles. The first-order valence-corrected chi connectivity index (χ1v) is 18.9. The molecule has 0 radical (unpaired) electrons. The van der Waals surface area contributed by atoms with Crippen molar-refractivity contribution in [2.24, 2.45) is 0 Å². The zero-order chi connectivity index (χ0) is 35.6. The molecule has 0 N–H and O–H groups in total. The minimum atomic E-state index is -0.149. The molecule has 10 nitrogen and oxygen atoms in total. The average Bonchev–Trinajstić information content (AvgIpc) is 3.65. The van der Waals surface area contributed by atoms with Crippen molar-refractivity contribution >= 4 is 46.0 Å². The Hall–Kier alpha value is -4.62. The summed E-state index contributed by atoms with van der Waals surface area (Å²) in [5.74, 6) is 1.76. The second-order valence-corrected chi connectivity index (χ2v) is 14.4. The summed E-state index contributed by atoms with van der Waals surface area (Å²) in [5, 5.41) is 6.17. The molecule has 0 spiro atoms. The van der Waals surface area contributed by atoms with Crippen molar-refractivity contribution in [3.05, 3.63) is 120 Å². The molecule has 12 heteroatoms. The molecule has 4 fully saturated rings. The lowest BCUT2D eigenvalue weighted by Gasteiger charge is -2.41. The van der Waals surface area contributed by atoms with E-state index < -0.39 is 0 Å². The number of methoxy groups -OCH3 is 2. The van der Waals surface area contributed by atoms with Crippen molar-refractivity contribution in [2.75, 3.05) is 89.7 Å². The molecule has 0 aliphatic carbocycles. The maximum atomic E-state index is 6.47. The highest BCUT2D eigenvalue weighted by Gasteiger charge is 2.55. The van der Waals surface area contributed by atoms with Gasteiger partial charge in [-0.25, -0.2) is 10.0 Å². The standard InChI is InChI=1S/C40H46N8O2S2/c1-49-35-17-13-33(14-18-35)43-25-21-41(22-26-43)29-45-37(31-9-5-3-6-10-31)47-40(52)46(38(48(47)39(45)51)32-11-7-4-8-12-32)30-42-23-27-44(28-24-42)34-15-19-36(50-2)20-16-34/h3-20,37-38H,21-30H2,1-2H3/t37-,38+. The molecule has 0 amide bonds. The number of hydrogen-bond donors (Lipinski definition) is 0. The Morgan fingerprint density at radius 2 is 0.827 bits per heavy atom. The maximum absolute atomic E-state index is 6.47. The number of rotatable bonds is 10. The zero-order valence-corrected chi connectivity index (χ0v) is 31.5. The molecule has 2 atom stereocenters. The van der Waals surface area contributed by atoms with E-state index in [-0.39, 0.29) is 12.3 Å². The normalized spacial score (nSPS) is 21.3. The van der Waals surface area contributed by atoms with Crippen molar-refractivity contribution in [3.63, 3.8) is 0 Å². The summed E-state index contributed by atoms with van der Waals surface area (Å²) in [5.41, 5.74) is 4.80. The van der Waals surface area contributed by atoms with Crippen LogP contribution in [0.25, 0.3) is 0 Å². The minimum absolute atomic E-state index is 0.149. The lowest BCUT2D eigenvalue weighted by atomic mass is 10.1. The maximum Gasteiger partial charge on any atom is 0.196 e. The van der Waals surface area contributed by atoms with E-state index in [1.54, 1.807) is 14.2 Å². The van der Waals surface area contributed by atoms with Crippen LogP contribution in [0.15, 0.2) is 109 Å². The van der Waals surface area contributed by atoms with Crippen LogP contribution in [0.4, 0.5) is 11.4 Å². The van der Waals surface area contributed by atoms with E-state index in [2.05, 4.69) is 124 Å². The van der Waals surface area contributed by atoms with Crippen molar-refractivity contribution in [1.29, 1.82) is 0 Å². The average molecular weight is 735 g/mol. The second-order valence-electron chi connectivity index (χ2n) is 13.7. The topological polar surface area (TPSA) is 44.4 Å². The van der Waals surface area contributed by atoms with Gasteiger partial charge in [0.25, 0.3) is 0 Å². The van der Waals surface area contributed by atoms with E-state index in [1.165, 1.54) is 22.5 Å². The largest absolute Gasteiger partial charge is 0.497 e. The summed E-state index contributed by atoms with van der Waals surface area (Å²) >= 11 is 12.9. The summed E-state index contributed by atoms with van der Waals surface area (Å²) in [6.07, 6.45) is -0.298. The van der Waals surface area contributed by atoms with E-state index in [4.69, 9.17) is 33.9 Å². The summed E-state index contributed by atoms with van der Waals surface area (Å²) in [6.45, 7) is 8.98. The Labute approximate surface area is 317 Å². The van der Waals surface area contributed by atoms with Crippen LogP contribution in [0.2, 0.25) is 0 Å². The molecule has 4 heterocycles. The molecular formula is C40H46N8O2S2. The SMILES string of the molecule is COc1ccc(N2CCN(CN3C(=S)N4[C@@H](c5ccccc5)N(CN5CCN(c6ccc(OC)cc6)CC5)C(=S)N4[C@@H]3c3ccccc3)CC2)cc1. The Bertz CT molecular complexity index is 1680. The lowest BCUT2D eigenvalue weighted by Crippen LogP contribution is -2.53. The Balaban J connectivity index is 1.02. The van der Waals surface area contributed by atoms with Gasteiger partial charge in [0.15, 0.2) is 22.6 Å². The first kappa shape index (κ1) is 34.5. The molecule has 4 aromatic rings. The monoisotopic (exact) mass is 734 g/mol. The summed E-state index contributed by atoms with van der Waals surface area (Å²) in [6, 6.07) is 38.1. The highest BCUT2D eigenvalue weighted by Crippen LogP contribution is 2.46. The number of hydrogen-bond acceptors (Lipinski definition) is 8. The van der Waals surface area contributed by atoms with Crippen LogP contribution in [-0.2, 0) is 0 Å². The molecule has 0 aromatic heterocycles. The second kappa shape index (κ2) is 15.2. The van der Waals surface area contributed by atoms with E-state index in [0.717, 1.165) is 87.4 Å². The van der Waals surface area contributed by atoms with Crippen molar-refractivity contribution in [1.82, 2.24) is 29.6 Å². The predicted octanol–water partition coefficient (Wildman–Crippen LogP) is 5.68. The summed E-state index contributed by atoms with van der Waals surface area (Å²) in [4.78, 5) is 14.7. The highest BCUT2D eigenvalue weighted by atomic mass is 32.1. The molecule has 270 valence electrons. The fourth-order valence-corrected chi connectivity index (χ4v) is 8.54. The number of anilines is 2. The fraction of sp³-hybridized carbons (Fsp3) is 0.350. The number of benzene rings is 4. The van der Waals surface area contributed by atoms with Gasteiger partial charge < -0.3 is 29.1 Å². The summed E-state index contributed by atoms with van der Waals surface area (Å²) < 4.78 is 10.8. The van der Waals surface area contributed by atoms with Crippen molar-refractivity contribution in [2.45, 2.75) is 12.3 Å². The molecule has 4 aliphatic rings. The number of fused-ring (bicyclic) bond motifs is 1. The van der Waals surface area contributed by atoms with Gasteiger partial charge in [-0.3, -0.25) is 9.80 Å². The van der Waals surface area contributed by atoms with Crippen molar-refractivity contribution in [3.8, 4) is 11.5 Å². The number of hydrazine groups is 1. The van der Waals surface area contributed by atoms with Crippen LogP contribution in [0.3, 0.4) is 0 Å². The number of piperazine rings is 2. The van der Waals surface area contributed by atoms with Crippen LogP contribution in [0, 0.1) is 0 Å². The van der Waals surface area contributed by atoms with Gasteiger partial charge in [0.2, 0.25) is 0 Å². The first-order valence-electron chi connectivity index (χ1n) is 18.0. The molecule has 8 rings (SSSR count). The number of thiocarbonyl (C=S) groups is 2. The van der Waals surface area contributed by atoms with Gasteiger partial charge in [0, 0.05) is 63.7 Å². The van der Waals surface area contributed by atoms with E-state index >= 15 is 0 Å². The van der Waals surface area contributed by atoms with Gasteiger partial charge >= 0.3 is 0 Å². The van der Waals surface area contributed by atoms with Crippen LogP contribution in [0.1, 0.15) is 23.5 Å². The van der Waals surface area contributed by atoms with E-state index in [9.17, 15) is 0 Å². The van der Waals surface area contributed by atoms with Crippen LogP contribution >= 0.6 is 24.4 Å². The lowest BCUT2D eigenvalue weighted by molar-refractivity contribution is 0.0521. The van der Waals surface area contributed by atoms with Gasteiger partial charge in [-0.05, 0) is 84.1 Å². The fourth-order valence-electron chi connectivity index (χ4n) is 7.85. The molecule has 4 aromatic carbocycles. The van der Waals surface area contributed by atoms with Gasteiger partial charge in [-0.2, -0.15) is 0 Å². The third-order valence-corrected chi connectivity index (χ3v) is 11.5. The summed E-state index contributed by atoms with van der Waals surface area (Å²) in [7, 11) is 3.42. The van der Waals surface area contributed by atoms with Gasteiger partial charge in [0.05, 0.1) is 27.6 Å². The smallest absolute Gasteiger partial charge is 0.196 e. The zero-order valence-electron chi connectivity index (χ0n) is 29.8. The van der Waals surface area contributed by atoms with Gasteiger partial charge in [0.1, 0.15) is 11.5 Å². The predicted molar refractivity (Wildman–Crippen MR) is 214 cm³/mol. The molecule has 0 bridgehead atoms. The Kier molecular flexibility index (Phi) is 10.0. The van der Waals surface area contributed by atoms with Crippen LogP contribution < -0.4 is 19.3 Å². The number of nitrogens with zero attached hydrogens (tertiary/aromatic N) is 8. The molecule has 4 saturated heterocycles. The first-order chi connectivity index (χ1) is 25.5. The molecular weight excluding hydrogens is 689 g/mol. The minimum Gasteiger partial charge on any atom is -0.497 e. The highest BCUT2D eigenvalue weighted by molar-refractivity contribution is 7.80. The van der Waals surface area contributed by atoms with E-state index in [0.29, 0.717) is 0 Å². The van der Waals surface area contributed by atoms with Crippen LogP contribution in [0.5, 0.6) is 11.5 Å². The van der Waals surface area contributed by atoms with Crippen LogP contribution in [-0.4, -0.2) is 120 Å². The van der Waals surface area contributed by atoms with Gasteiger partial charge in [-0.1, -0.05) is 60.7 Å². The third kappa shape index (κ3) is 6.71. The van der Waals surface area contributed by atoms with E-state index in [1.807, 2.05) is 24.3 Å². The quantitative estimate of drug-likeness (QED) is 0.189. The molecule has 0 unspecified atom stereocenters.